The Morgan fingerprint density at radius 1 is 1.20 bits per heavy atom. The highest BCUT2D eigenvalue weighted by Crippen LogP contribution is 2.11. The summed E-state index contributed by atoms with van der Waals surface area (Å²) in [7, 11) is 0. The Balaban J connectivity index is 1.76. The van der Waals surface area contributed by atoms with Gasteiger partial charge in [-0.05, 0) is 30.7 Å². The molecule has 2 rings (SSSR count). The first kappa shape index (κ1) is 14.5. The summed E-state index contributed by atoms with van der Waals surface area (Å²) in [4.78, 5) is 0. The van der Waals surface area contributed by atoms with Crippen LogP contribution in [0, 0.1) is 0 Å². The number of nitrogens with one attached hydrogen (secondary N) is 1. The Kier molecular flexibility index (Phi) is 5.55. The molecule has 1 N–H and O–H groups in total. The number of alkyl halides is 1. The highest BCUT2D eigenvalue weighted by Gasteiger charge is 1.99. The molecule has 108 valence electrons. The van der Waals surface area contributed by atoms with Crippen LogP contribution in [0.4, 0.5) is 4.39 Å². The van der Waals surface area contributed by atoms with Crippen molar-refractivity contribution in [2.45, 2.75) is 26.6 Å². The van der Waals surface area contributed by atoms with E-state index in [4.69, 9.17) is 4.74 Å². The van der Waals surface area contributed by atoms with E-state index in [1.807, 2.05) is 37.3 Å². The van der Waals surface area contributed by atoms with Gasteiger partial charge < -0.3 is 10.1 Å². The minimum Gasteiger partial charge on any atom is -0.494 e. The predicted octanol–water partition coefficient (Wildman–Crippen LogP) is 2.54. The first-order valence-corrected chi connectivity index (χ1v) is 6.82. The Hall–Kier alpha value is -1.88. The molecule has 0 saturated heterocycles. The SMILES string of the molecule is CCOc1ccc(CNCc2ccn(CCF)n2)cc1. The first-order chi connectivity index (χ1) is 9.81. The maximum absolute atomic E-state index is 12.2. The van der Waals surface area contributed by atoms with Gasteiger partial charge in [0.2, 0.25) is 0 Å². The van der Waals surface area contributed by atoms with Crippen molar-refractivity contribution in [3.05, 3.63) is 47.8 Å². The fraction of sp³-hybridized carbons (Fsp3) is 0.400. The van der Waals surface area contributed by atoms with Gasteiger partial charge in [-0.25, -0.2) is 4.39 Å². The molecule has 1 aromatic carbocycles. The average Bonchev–Trinajstić information content (AvgIpc) is 2.89. The standard InChI is InChI=1S/C15H20FN3O/c1-2-20-15-5-3-13(4-6-15)11-17-12-14-7-9-19(18-14)10-8-16/h3-7,9,17H,2,8,10-12H2,1H3. The number of nitrogens with zero attached hydrogens (tertiary/aromatic N) is 2. The van der Waals surface area contributed by atoms with Crippen LogP contribution >= 0.6 is 0 Å². The van der Waals surface area contributed by atoms with Crippen LogP contribution in [-0.4, -0.2) is 23.1 Å². The minimum atomic E-state index is -0.388. The van der Waals surface area contributed by atoms with E-state index in [-0.39, 0.29) is 6.67 Å². The van der Waals surface area contributed by atoms with Crippen molar-refractivity contribution in [1.29, 1.82) is 0 Å². The van der Waals surface area contributed by atoms with E-state index in [9.17, 15) is 4.39 Å². The van der Waals surface area contributed by atoms with Crippen LogP contribution in [0.3, 0.4) is 0 Å². The fourth-order valence-electron chi connectivity index (χ4n) is 1.91. The van der Waals surface area contributed by atoms with Gasteiger partial charge in [0, 0.05) is 19.3 Å². The van der Waals surface area contributed by atoms with Crippen molar-refractivity contribution in [3.63, 3.8) is 0 Å². The zero-order valence-electron chi connectivity index (χ0n) is 11.7. The number of halogens is 1. The molecule has 0 bridgehead atoms. The Labute approximate surface area is 118 Å². The number of rotatable bonds is 8. The quantitative estimate of drug-likeness (QED) is 0.806. The number of hydrogen-bond acceptors (Lipinski definition) is 3. The molecule has 0 unspecified atom stereocenters. The van der Waals surface area contributed by atoms with Gasteiger partial charge in [0.1, 0.15) is 12.4 Å². The lowest BCUT2D eigenvalue weighted by Gasteiger charge is -2.06. The third-order valence-electron chi connectivity index (χ3n) is 2.88. The van der Waals surface area contributed by atoms with E-state index in [0.717, 1.165) is 18.0 Å². The van der Waals surface area contributed by atoms with E-state index in [0.29, 0.717) is 19.7 Å². The second kappa shape index (κ2) is 7.65. The first-order valence-electron chi connectivity index (χ1n) is 6.82. The lowest BCUT2D eigenvalue weighted by atomic mass is 10.2. The van der Waals surface area contributed by atoms with Gasteiger partial charge in [-0.1, -0.05) is 12.1 Å². The summed E-state index contributed by atoms with van der Waals surface area (Å²) in [6.07, 6.45) is 1.80. The molecule has 0 radical (unpaired) electrons. The largest absolute Gasteiger partial charge is 0.494 e. The lowest BCUT2D eigenvalue weighted by molar-refractivity contribution is 0.340. The summed E-state index contributed by atoms with van der Waals surface area (Å²) in [5.41, 5.74) is 2.11. The molecule has 4 nitrogen and oxygen atoms in total. The predicted molar refractivity (Wildman–Crippen MR) is 76.4 cm³/mol. The molecular weight excluding hydrogens is 257 g/mol. The third kappa shape index (κ3) is 4.35. The van der Waals surface area contributed by atoms with Gasteiger partial charge in [-0.2, -0.15) is 5.10 Å². The van der Waals surface area contributed by atoms with Gasteiger partial charge >= 0.3 is 0 Å². The topological polar surface area (TPSA) is 39.1 Å². The summed E-state index contributed by atoms with van der Waals surface area (Å²) in [5.74, 6) is 0.890. The van der Waals surface area contributed by atoms with E-state index in [2.05, 4.69) is 10.4 Å². The van der Waals surface area contributed by atoms with Crippen LogP contribution in [0.1, 0.15) is 18.2 Å². The van der Waals surface area contributed by atoms with Crippen molar-refractivity contribution < 1.29 is 9.13 Å². The van der Waals surface area contributed by atoms with Crippen molar-refractivity contribution >= 4 is 0 Å². The molecule has 0 aliphatic rings. The molecule has 20 heavy (non-hydrogen) atoms. The van der Waals surface area contributed by atoms with E-state index >= 15 is 0 Å². The second-order valence-electron chi connectivity index (χ2n) is 4.44. The van der Waals surface area contributed by atoms with E-state index in [1.54, 1.807) is 10.9 Å². The van der Waals surface area contributed by atoms with Crippen molar-refractivity contribution in [2.75, 3.05) is 13.3 Å². The molecular formula is C15H20FN3O. The Morgan fingerprint density at radius 3 is 2.70 bits per heavy atom. The number of aromatic nitrogens is 2. The lowest BCUT2D eigenvalue weighted by Crippen LogP contribution is -2.13. The molecule has 0 saturated carbocycles. The monoisotopic (exact) mass is 277 g/mol. The number of benzene rings is 1. The van der Waals surface area contributed by atoms with Crippen LogP contribution in [0.2, 0.25) is 0 Å². The highest BCUT2D eigenvalue weighted by molar-refractivity contribution is 5.27. The van der Waals surface area contributed by atoms with Crippen molar-refractivity contribution in [2.24, 2.45) is 0 Å². The summed E-state index contributed by atoms with van der Waals surface area (Å²) in [6.45, 7) is 4.02. The molecule has 0 aliphatic carbocycles. The molecule has 2 aromatic rings. The van der Waals surface area contributed by atoms with E-state index < -0.39 is 0 Å². The summed E-state index contributed by atoms with van der Waals surface area (Å²) < 4.78 is 19.2. The van der Waals surface area contributed by atoms with Gasteiger partial charge in [0.15, 0.2) is 0 Å². The highest BCUT2D eigenvalue weighted by atomic mass is 19.1. The summed E-state index contributed by atoms with van der Waals surface area (Å²) >= 11 is 0. The van der Waals surface area contributed by atoms with Crippen molar-refractivity contribution in [3.8, 4) is 5.75 Å². The Bertz CT molecular complexity index is 510. The van der Waals surface area contributed by atoms with Crippen LogP contribution in [-0.2, 0) is 19.6 Å². The van der Waals surface area contributed by atoms with Crippen LogP contribution in [0.25, 0.3) is 0 Å². The molecule has 0 atom stereocenters. The number of aryl methyl sites for hydroxylation is 1. The second-order valence-corrected chi connectivity index (χ2v) is 4.44. The van der Waals surface area contributed by atoms with Crippen LogP contribution in [0.5, 0.6) is 5.75 Å². The smallest absolute Gasteiger partial charge is 0.119 e. The van der Waals surface area contributed by atoms with Crippen LogP contribution < -0.4 is 10.1 Å². The minimum absolute atomic E-state index is 0.318. The van der Waals surface area contributed by atoms with Crippen LogP contribution in [0.15, 0.2) is 36.5 Å². The molecule has 5 heteroatoms. The Morgan fingerprint density at radius 2 is 2.00 bits per heavy atom. The maximum atomic E-state index is 12.2. The molecule has 0 amide bonds. The normalized spacial score (nSPS) is 10.7. The molecule has 0 spiro atoms. The van der Waals surface area contributed by atoms with Gasteiger partial charge in [0.05, 0.1) is 18.8 Å². The zero-order valence-corrected chi connectivity index (χ0v) is 11.7. The third-order valence-corrected chi connectivity index (χ3v) is 2.88. The molecule has 1 aromatic heterocycles. The summed E-state index contributed by atoms with van der Waals surface area (Å²) in [5, 5.41) is 7.58. The number of ether oxygens (including phenoxy) is 1. The average molecular weight is 277 g/mol. The number of hydrogen-bond donors (Lipinski definition) is 1. The van der Waals surface area contributed by atoms with Gasteiger partial charge in [0.25, 0.3) is 0 Å². The molecule has 0 fully saturated rings. The molecule has 0 aliphatic heterocycles. The van der Waals surface area contributed by atoms with Crippen molar-refractivity contribution in [1.82, 2.24) is 15.1 Å². The van der Waals surface area contributed by atoms with Gasteiger partial charge in [-0.3, -0.25) is 4.68 Å². The molecule has 1 heterocycles. The fourth-order valence-corrected chi connectivity index (χ4v) is 1.91. The maximum Gasteiger partial charge on any atom is 0.119 e. The zero-order chi connectivity index (χ0) is 14.2. The van der Waals surface area contributed by atoms with Gasteiger partial charge in [-0.15, -0.1) is 0 Å². The summed E-state index contributed by atoms with van der Waals surface area (Å²) in [6, 6.07) is 9.92. The van der Waals surface area contributed by atoms with E-state index in [1.165, 1.54) is 5.56 Å².